The van der Waals surface area contributed by atoms with Gasteiger partial charge < -0.3 is 4.74 Å². The molecule has 5 heteroatoms. The van der Waals surface area contributed by atoms with Gasteiger partial charge in [0.15, 0.2) is 6.29 Å². The van der Waals surface area contributed by atoms with Crippen LogP contribution in [-0.4, -0.2) is 23.2 Å². The Bertz CT molecular complexity index is 789. The number of methoxy groups -OCH3 is 1. The molecule has 0 radical (unpaired) electrons. The summed E-state index contributed by atoms with van der Waals surface area (Å²) < 4.78 is 7.04. The lowest BCUT2D eigenvalue weighted by Crippen LogP contribution is -1.98. The molecule has 0 amide bonds. The zero-order chi connectivity index (χ0) is 14.8. The van der Waals surface area contributed by atoms with Crippen LogP contribution in [0.1, 0.15) is 15.9 Å². The summed E-state index contributed by atoms with van der Waals surface area (Å²) in [6.07, 6.45) is 2.58. The second-order valence-electron chi connectivity index (χ2n) is 4.60. The first-order valence-electron chi connectivity index (χ1n) is 6.47. The van der Waals surface area contributed by atoms with Crippen molar-refractivity contribution in [3.05, 3.63) is 53.0 Å². The number of nitrogens with zero attached hydrogens (tertiary/aromatic N) is 2. The van der Waals surface area contributed by atoms with E-state index in [9.17, 15) is 4.79 Å². The third-order valence-electron chi connectivity index (χ3n) is 3.28. The van der Waals surface area contributed by atoms with Crippen molar-refractivity contribution < 1.29 is 9.53 Å². The van der Waals surface area contributed by atoms with Crippen LogP contribution in [0.3, 0.4) is 0 Å². The Balaban J connectivity index is 2.16. The van der Waals surface area contributed by atoms with Gasteiger partial charge in [-0.05, 0) is 36.1 Å². The number of aromatic nitrogens is 2. The molecule has 0 saturated heterocycles. The summed E-state index contributed by atoms with van der Waals surface area (Å²) in [6, 6.07) is 9.61. The fourth-order valence-electron chi connectivity index (χ4n) is 2.21. The van der Waals surface area contributed by atoms with Crippen LogP contribution in [0, 0.1) is 6.92 Å². The van der Waals surface area contributed by atoms with Crippen molar-refractivity contribution in [2.75, 3.05) is 7.11 Å². The molecule has 0 saturated carbocycles. The fourth-order valence-corrected chi connectivity index (χ4v) is 3.14. The molecule has 3 rings (SSSR count). The summed E-state index contributed by atoms with van der Waals surface area (Å²) in [7, 11) is 1.62. The van der Waals surface area contributed by atoms with E-state index >= 15 is 0 Å². The molecule has 0 N–H and O–H groups in total. The van der Waals surface area contributed by atoms with Gasteiger partial charge in [-0.3, -0.25) is 4.79 Å². The minimum absolute atomic E-state index is 0.575. The van der Waals surface area contributed by atoms with E-state index in [2.05, 4.69) is 5.10 Å². The lowest BCUT2D eigenvalue weighted by atomic mass is 10.2. The van der Waals surface area contributed by atoms with Gasteiger partial charge in [0.25, 0.3) is 0 Å². The SMILES string of the molecule is COc1ccccc1-n1cc(C=O)c(-c2sccc2C)n1. The number of ether oxygens (including phenoxy) is 1. The van der Waals surface area contributed by atoms with Crippen molar-refractivity contribution in [3.8, 4) is 22.0 Å². The Morgan fingerprint density at radius 2 is 2.10 bits per heavy atom. The molecular formula is C16H14N2O2S. The molecular weight excluding hydrogens is 284 g/mol. The van der Waals surface area contributed by atoms with Gasteiger partial charge in [0, 0.05) is 6.20 Å². The highest BCUT2D eigenvalue weighted by atomic mass is 32.1. The van der Waals surface area contributed by atoms with Crippen molar-refractivity contribution >= 4 is 17.6 Å². The summed E-state index contributed by atoms with van der Waals surface area (Å²) in [5, 5.41) is 6.58. The molecule has 2 aromatic heterocycles. The highest BCUT2D eigenvalue weighted by Crippen LogP contribution is 2.31. The quantitative estimate of drug-likeness (QED) is 0.689. The van der Waals surface area contributed by atoms with Crippen molar-refractivity contribution in [1.82, 2.24) is 9.78 Å². The summed E-state index contributed by atoms with van der Waals surface area (Å²) in [5.41, 5.74) is 3.21. The van der Waals surface area contributed by atoms with E-state index in [1.807, 2.05) is 42.6 Å². The molecule has 2 heterocycles. The van der Waals surface area contributed by atoms with Crippen molar-refractivity contribution in [2.45, 2.75) is 6.92 Å². The second kappa shape index (κ2) is 5.54. The van der Waals surface area contributed by atoms with Gasteiger partial charge in [-0.1, -0.05) is 12.1 Å². The number of carbonyl (C=O) groups excluding carboxylic acids is 1. The average Bonchev–Trinajstić information content (AvgIpc) is 3.12. The number of hydrogen-bond acceptors (Lipinski definition) is 4. The Morgan fingerprint density at radius 3 is 2.76 bits per heavy atom. The van der Waals surface area contributed by atoms with Crippen LogP contribution in [0.2, 0.25) is 0 Å². The number of aryl methyl sites for hydroxylation is 1. The fraction of sp³-hybridized carbons (Fsp3) is 0.125. The summed E-state index contributed by atoms with van der Waals surface area (Å²) in [5.74, 6) is 0.715. The van der Waals surface area contributed by atoms with Crippen molar-refractivity contribution in [1.29, 1.82) is 0 Å². The Labute approximate surface area is 126 Å². The number of rotatable bonds is 4. The van der Waals surface area contributed by atoms with Crippen LogP contribution in [0.15, 0.2) is 41.9 Å². The van der Waals surface area contributed by atoms with Gasteiger partial charge in [0.05, 0.1) is 17.6 Å². The zero-order valence-electron chi connectivity index (χ0n) is 11.7. The topological polar surface area (TPSA) is 44.1 Å². The number of carbonyl (C=O) groups is 1. The van der Waals surface area contributed by atoms with Gasteiger partial charge in [0.2, 0.25) is 0 Å². The molecule has 0 bridgehead atoms. The largest absolute Gasteiger partial charge is 0.494 e. The highest BCUT2D eigenvalue weighted by Gasteiger charge is 2.16. The Kier molecular flexibility index (Phi) is 3.58. The molecule has 106 valence electrons. The average molecular weight is 298 g/mol. The molecule has 21 heavy (non-hydrogen) atoms. The van der Waals surface area contributed by atoms with E-state index in [-0.39, 0.29) is 0 Å². The first-order valence-corrected chi connectivity index (χ1v) is 7.35. The molecule has 0 aliphatic carbocycles. The first kappa shape index (κ1) is 13.6. The molecule has 0 unspecified atom stereocenters. The summed E-state index contributed by atoms with van der Waals surface area (Å²) in [6.45, 7) is 2.02. The molecule has 0 spiro atoms. The van der Waals surface area contributed by atoms with E-state index in [1.54, 1.807) is 29.3 Å². The van der Waals surface area contributed by atoms with E-state index in [0.717, 1.165) is 22.4 Å². The molecule has 0 aliphatic rings. The van der Waals surface area contributed by atoms with E-state index in [0.29, 0.717) is 17.0 Å². The summed E-state index contributed by atoms with van der Waals surface area (Å²) in [4.78, 5) is 12.4. The number of aldehydes is 1. The monoisotopic (exact) mass is 298 g/mol. The molecule has 0 atom stereocenters. The van der Waals surface area contributed by atoms with E-state index < -0.39 is 0 Å². The number of benzene rings is 1. The molecule has 3 aromatic rings. The van der Waals surface area contributed by atoms with Crippen LogP contribution in [0.5, 0.6) is 5.75 Å². The Hall–Kier alpha value is -2.40. The van der Waals surface area contributed by atoms with Gasteiger partial charge in [-0.2, -0.15) is 5.10 Å². The summed E-state index contributed by atoms with van der Waals surface area (Å²) >= 11 is 1.58. The van der Waals surface area contributed by atoms with Crippen molar-refractivity contribution in [3.63, 3.8) is 0 Å². The smallest absolute Gasteiger partial charge is 0.153 e. The van der Waals surface area contributed by atoms with Gasteiger partial charge in [-0.15, -0.1) is 11.3 Å². The van der Waals surface area contributed by atoms with Crippen molar-refractivity contribution in [2.24, 2.45) is 0 Å². The second-order valence-corrected chi connectivity index (χ2v) is 5.52. The number of para-hydroxylation sites is 2. The molecule has 4 nitrogen and oxygen atoms in total. The molecule has 1 aromatic carbocycles. The van der Waals surface area contributed by atoms with Crippen LogP contribution < -0.4 is 4.74 Å². The number of hydrogen-bond donors (Lipinski definition) is 0. The van der Waals surface area contributed by atoms with Crippen LogP contribution >= 0.6 is 11.3 Å². The van der Waals surface area contributed by atoms with Crippen LogP contribution in [0.25, 0.3) is 16.3 Å². The highest BCUT2D eigenvalue weighted by molar-refractivity contribution is 7.13. The van der Waals surface area contributed by atoms with Gasteiger partial charge in [0.1, 0.15) is 17.1 Å². The van der Waals surface area contributed by atoms with Crippen LogP contribution in [0.4, 0.5) is 0 Å². The number of thiophene rings is 1. The third kappa shape index (κ3) is 2.36. The van der Waals surface area contributed by atoms with Gasteiger partial charge >= 0.3 is 0 Å². The lowest BCUT2D eigenvalue weighted by molar-refractivity contribution is 0.112. The van der Waals surface area contributed by atoms with Crippen LogP contribution in [-0.2, 0) is 0 Å². The van der Waals surface area contributed by atoms with E-state index in [4.69, 9.17) is 4.74 Å². The maximum atomic E-state index is 11.4. The normalized spacial score (nSPS) is 10.6. The molecule has 0 fully saturated rings. The minimum atomic E-state index is 0.575. The van der Waals surface area contributed by atoms with E-state index in [1.165, 1.54) is 0 Å². The zero-order valence-corrected chi connectivity index (χ0v) is 12.6. The predicted octanol–water partition coefficient (Wildman–Crippen LogP) is 3.73. The maximum Gasteiger partial charge on any atom is 0.153 e. The maximum absolute atomic E-state index is 11.4. The predicted molar refractivity (Wildman–Crippen MR) is 83.6 cm³/mol. The Morgan fingerprint density at radius 1 is 1.29 bits per heavy atom. The van der Waals surface area contributed by atoms with Gasteiger partial charge in [-0.25, -0.2) is 4.68 Å². The minimum Gasteiger partial charge on any atom is -0.494 e. The lowest BCUT2D eigenvalue weighted by Gasteiger charge is -2.07. The first-order chi connectivity index (χ1) is 10.2. The standard InChI is InChI=1S/C16H14N2O2S/c1-11-7-8-21-16(11)15-12(10-19)9-18(17-15)13-5-3-4-6-14(13)20-2/h3-10H,1-2H3. The third-order valence-corrected chi connectivity index (χ3v) is 4.30. The molecule has 0 aliphatic heterocycles.